The first-order chi connectivity index (χ1) is 11.5. The highest BCUT2D eigenvalue weighted by Gasteiger charge is 2.32. The molecule has 4 atom stereocenters. The Hall–Kier alpha value is -1.13. The SMILES string of the molecule is CCCCC[C@H](O)C=C[C@H]1CC[C@@H](O)[C@@H]1C/C=C/CCCC(=O)O. The van der Waals surface area contributed by atoms with Gasteiger partial charge in [-0.1, -0.05) is 50.5 Å². The van der Waals surface area contributed by atoms with Gasteiger partial charge in [0.05, 0.1) is 12.2 Å². The van der Waals surface area contributed by atoms with Crippen LogP contribution in [0.5, 0.6) is 0 Å². The predicted octanol–water partition coefficient (Wildman–Crippen LogP) is 4.07. The fourth-order valence-corrected chi connectivity index (χ4v) is 3.36. The Morgan fingerprint density at radius 3 is 2.71 bits per heavy atom. The molecule has 1 fully saturated rings. The second kappa shape index (κ2) is 12.3. The number of aliphatic carboxylic acids is 1. The summed E-state index contributed by atoms with van der Waals surface area (Å²) in [5.74, 6) is -0.221. The number of unbranched alkanes of at least 4 members (excludes halogenated alkanes) is 3. The van der Waals surface area contributed by atoms with Crippen LogP contribution in [0.3, 0.4) is 0 Å². The van der Waals surface area contributed by atoms with Crippen LogP contribution < -0.4 is 0 Å². The fourth-order valence-electron chi connectivity index (χ4n) is 3.36. The number of carboxylic acids is 1. The van der Waals surface area contributed by atoms with E-state index in [-0.39, 0.29) is 24.5 Å². The van der Waals surface area contributed by atoms with E-state index in [2.05, 4.69) is 19.1 Å². The maximum atomic E-state index is 10.5. The number of hydrogen-bond acceptors (Lipinski definition) is 3. The van der Waals surface area contributed by atoms with Gasteiger partial charge >= 0.3 is 5.97 Å². The van der Waals surface area contributed by atoms with Crippen LogP contribution >= 0.6 is 0 Å². The molecule has 1 saturated carbocycles. The van der Waals surface area contributed by atoms with E-state index in [9.17, 15) is 15.0 Å². The van der Waals surface area contributed by atoms with Gasteiger partial charge in [0.2, 0.25) is 0 Å². The highest BCUT2D eigenvalue weighted by molar-refractivity contribution is 5.66. The van der Waals surface area contributed by atoms with Crippen molar-refractivity contribution in [3.8, 4) is 0 Å². The Bertz CT molecular complexity index is 402. The average Bonchev–Trinajstić information content (AvgIpc) is 2.89. The van der Waals surface area contributed by atoms with Crippen molar-refractivity contribution in [2.75, 3.05) is 0 Å². The molecular weight excluding hydrogens is 304 g/mol. The average molecular weight is 338 g/mol. The van der Waals surface area contributed by atoms with Gasteiger partial charge in [-0.25, -0.2) is 0 Å². The second-order valence-corrected chi connectivity index (χ2v) is 6.91. The molecule has 0 saturated heterocycles. The van der Waals surface area contributed by atoms with Gasteiger partial charge in [-0.05, 0) is 50.4 Å². The zero-order valence-electron chi connectivity index (χ0n) is 14.9. The summed E-state index contributed by atoms with van der Waals surface area (Å²) < 4.78 is 0. The van der Waals surface area contributed by atoms with Crippen LogP contribution in [0.1, 0.15) is 71.1 Å². The lowest BCUT2D eigenvalue weighted by molar-refractivity contribution is -0.137. The van der Waals surface area contributed by atoms with Gasteiger partial charge in [0.15, 0.2) is 0 Å². The first kappa shape index (κ1) is 20.9. The minimum Gasteiger partial charge on any atom is -0.481 e. The van der Waals surface area contributed by atoms with Gasteiger partial charge in [0.1, 0.15) is 0 Å². The minimum absolute atomic E-state index is 0.206. The largest absolute Gasteiger partial charge is 0.481 e. The number of allylic oxidation sites excluding steroid dienone is 3. The van der Waals surface area contributed by atoms with Gasteiger partial charge < -0.3 is 15.3 Å². The quantitative estimate of drug-likeness (QED) is 0.370. The summed E-state index contributed by atoms with van der Waals surface area (Å²) in [5.41, 5.74) is 0. The minimum atomic E-state index is -0.752. The van der Waals surface area contributed by atoms with Crippen molar-refractivity contribution in [2.24, 2.45) is 11.8 Å². The van der Waals surface area contributed by atoms with Crippen molar-refractivity contribution in [3.05, 3.63) is 24.3 Å². The van der Waals surface area contributed by atoms with Gasteiger partial charge in [-0.3, -0.25) is 4.79 Å². The maximum absolute atomic E-state index is 10.5. The van der Waals surface area contributed by atoms with E-state index in [1.54, 1.807) is 0 Å². The number of aliphatic hydroxyl groups excluding tert-OH is 2. The monoisotopic (exact) mass is 338 g/mol. The van der Waals surface area contributed by atoms with Crippen molar-refractivity contribution in [1.29, 1.82) is 0 Å². The lowest BCUT2D eigenvalue weighted by Gasteiger charge is -2.18. The smallest absolute Gasteiger partial charge is 0.303 e. The molecule has 0 aliphatic heterocycles. The number of rotatable bonds is 12. The summed E-state index contributed by atoms with van der Waals surface area (Å²) in [5, 5.41) is 28.8. The highest BCUT2D eigenvalue weighted by atomic mass is 16.4. The van der Waals surface area contributed by atoms with E-state index < -0.39 is 5.97 Å². The predicted molar refractivity (Wildman–Crippen MR) is 96.8 cm³/mol. The Kier molecular flexibility index (Phi) is 10.7. The van der Waals surface area contributed by atoms with E-state index in [1.165, 1.54) is 0 Å². The zero-order chi connectivity index (χ0) is 17.8. The summed E-state index contributed by atoms with van der Waals surface area (Å²) in [6.45, 7) is 2.15. The van der Waals surface area contributed by atoms with Crippen LogP contribution in [-0.4, -0.2) is 33.5 Å². The zero-order valence-corrected chi connectivity index (χ0v) is 14.9. The van der Waals surface area contributed by atoms with E-state index in [1.807, 2.05) is 12.2 Å². The van der Waals surface area contributed by atoms with Crippen LogP contribution in [0.15, 0.2) is 24.3 Å². The van der Waals surface area contributed by atoms with Crippen LogP contribution in [0, 0.1) is 11.8 Å². The van der Waals surface area contributed by atoms with Gasteiger partial charge in [0.25, 0.3) is 0 Å². The summed E-state index contributed by atoms with van der Waals surface area (Å²) in [7, 11) is 0. The molecule has 1 rings (SSSR count). The molecule has 0 bridgehead atoms. The molecule has 1 aliphatic carbocycles. The topological polar surface area (TPSA) is 77.8 Å². The Morgan fingerprint density at radius 1 is 1.21 bits per heavy atom. The van der Waals surface area contributed by atoms with Crippen LogP contribution in [0.25, 0.3) is 0 Å². The van der Waals surface area contributed by atoms with Crippen molar-refractivity contribution >= 4 is 5.97 Å². The molecule has 138 valence electrons. The van der Waals surface area contributed by atoms with E-state index in [0.717, 1.165) is 51.4 Å². The summed E-state index contributed by atoms with van der Waals surface area (Å²) in [4.78, 5) is 10.5. The fraction of sp³-hybridized carbons (Fsp3) is 0.750. The van der Waals surface area contributed by atoms with E-state index >= 15 is 0 Å². The first-order valence-corrected chi connectivity index (χ1v) is 9.45. The Morgan fingerprint density at radius 2 is 2.00 bits per heavy atom. The summed E-state index contributed by atoms with van der Waals surface area (Å²) in [6, 6.07) is 0. The third kappa shape index (κ3) is 8.65. The molecule has 4 nitrogen and oxygen atoms in total. The van der Waals surface area contributed by atoms with Gasteiger partial charge in [-0.2, -0.15) is 0 Å². The Labute approximate surface area is 146 Å². The molecule has 0 heterocycles. The molecule has 0 radical (unpaired) electrons. The van der Waals surface area contributed by atoms with Gasteiger partial charge in [-0.15, -0.1) is 0 Å². The molecule has 1 aliphatic rings. The van der Waals surface area contributed by atoms with Crippen LogP contribution in [0.2, 0.25) is 0 Å². The lowest BCUT2D eigenvalue weighted by Crippen LogP contribution is -2.17. The third-order valence-electron chi connectivity index (χ3n) is 4.86. The summed E-state index contributed by atoms with van der Waals surface area (Å²) in [6.07, 6.45) is 15.9. The highest BCUT2D eigenvalue weighted by Crippen LogP contribution is 2.36. The standard InChI is InChI=1S/C20H34O4/c1-2-3-6-9-17(21)14-12-16-13-15-19(22)18(16)10-7-4-5-8-11-20(23)24/h4,7,12,14,16-19,21-22H,2-3,5-6,8-11,13,15H2,1H3,(H,23,24)/b7-4+,14-12?/t16-,17-,18+,19+/m0/s1. The van der Waals surface area contributed by atoms with Crippen molar-refractivity contribution in [2.45, 2.75) is 83.3 Å². The number of aliphatic hydroxyl groups is 2. The van der Waals surface area contributed by atoms with Crippen molar-refractivity contribution in [3.63, 3.8) is 0 Å². The molecular formula is C20H34O4. The molecule has 3 N–H and O–H groups in total. The maximum Gasteiger partial charge on any atom is 0.303 e. The molecule has 0 unspecified atom stereocenters. The van der Waals surface area contributed by atoms with E-state index in [4.69, 9.17) is 5.11 Å². The normalized spacial score (nSPS) is 25.7. The third-order valence-corrected chi connectivity index (χ3v) is 4.86. The number of carboxylic acid groups (broad SMARTS) is 1. The van der Waals surface area contributed by atoms with Crippen molar-refractivity contribution in [1.82, 2.24) is 0 Å². The molecule has 24 heavy (non-hydrogen) atoms. The second-order valence-electron chi connectivity index (χ2n) is 6.91. The van der Waals surface area contributed by atoms with Crippen LogP contribution in [-0.2, 0) is 4.79 Å². The molecule has 4 heteroatoms. The molecule has 0 spiro atoms. The molecule has 0 aromatic heterocycles. The molecule has 0 amide bonds. The number of carbonyl (C=O) groups is 1. The van der Waals surface area contributed by atoms with Crippen LogP contribution in [0.4, 0.5) is 0 Å². The molecule has 0 aromatic carbocycles. The first-order valence-electron chi connectivity index (χ1n) is 9.45. The van der Waals surface area contributed by atoms with Gasteiger partial charge in [0, 0.05) is 6.42 Å². The van der Waals surface area contributed by atoms with E-state index in [0.29, 0.717) is 12.3 Å². The lowest BCUT2D eigenvalue weighted by atomic mass is 9.90. The molecule has 0 aromatic rings. The Balaban J connectivity index is 2.35. The van der Waals surface area contributed by atoms with Crippen molar-refractivity contribution < 1.29 is 20.1 Å². The summed E-state index contributed by atoms with van der Waals surface area (Å²) >= 11 is 0. The number of hydrogen-bond donors (Lipinski definition) is 3.